The Bertz CT molecular complexity index is 1110. The van der Waals surface area contributed by atoms with Gasteiger partial charge in [-0.15, -0.1) is 0 Å². The van der Waals surface area contributed by atoms with E-state index < -0.39 is 35.0 Å². The Kier molecular flexibility index (Phi) is 6.43. The third kappa shape index (κ3) is 5.11. The van der Waals surface area contributed by atoms with Crippen LogP contribution in [0.5, 0.6) is 0 Å². The lowest BCUT2D eigenvalue weighted by atomic mass is 9.76. The average molecular weight is 477 g/mol. The molecule has 0 bridgehead atoms. The molecule has 1 fully saturated rings. The third-order valence-electron chi connectivity index (χ3n) is 6.19. The molecule has 3 aromatic rings. The molecule has 2 atom stereocenters. The van der Waals surface area contributed by atoms with Crippen molar-refractivity contribution in [3.05, 3.63) is 107 Å². The topological polar surface area (TPSA) is 20.3 Å². The van der Waals surface area contributed by atoms with Crippen LogP contribution in [0.4, 0.5) is 26.3 Å². The summed E-state index contributed by atoms with van der Waals surface area (Å²) in [5.41, 5.74) is -1.59. The van der Waals surface area contributed by atoms with Crippen LogP contribution in [0.2, 0.25) is 0 Å². The Balaban J connectivity index is 1.68. The number of halogens is 6. The van der Waals surface area contributed by atoms with Crippen LogP contribution >= 0.6 is 0 Å². The Labute approximate surface area is 192 Å². The van der Waals surface area contributed by atoms with Crippen LogP contribution in [0.3, 0.4) is 0 Å². The van der Waals surface area contributed by atoms with Crippen molar-refractivity contribution >= 4 is 5.91 Å². The molecule has 178 valence electrons. The summed E-state index contributed by atoms with van der Waals surface area (Å²) in [6.45, 7) is 0.402. The van der Waals surface area contributed by atoms with E-state index >= 15 is 0 Å². The summed E-state index contributed by atoms with van der Waals surface area (Å²) in [4.78, 5) is 14.5. The lowest BCUT2D eigenvalue weighted by molar-refractivity contribution is -0.143. The van der Waals surface area contributed by atoms with Crippen molar-refractivity contribution in [1.82, 2.24) is 4.90 Å². The van der Waals surface area contributed by atoms with Crippen molar-refractivity contribution < 1.29 is 31.1 Å². The molecule has 1 heterocycles. The highest BCUT2D eigenvalue weighted by Gasteiger charge is 2.39. The number of amides is 1. The maximum atomic E-state index is 13.3. The number of likely N-dealkylation sites (tertiary alicyclic amines) is 1. The van der Waals surface area contributed by atoms with E-state index in [9.17, 15) is 31.1 Å². The molecule has 0 N–H and O–H groups in total. The smallest absolute Gasteiger partial charge is 0.338 e. The summed E-state index contributed by atoms with van der Waals surface area (Å²) < 4.78 is 79.6. The highest BCUT2D eigenvalue weighted by Crippen LogP contribution is 2.41. The quantitative estimate of drug-likeness (QED) is 0.367. The van der Waals surface area contributed by atoms with Gasteiger partial charge in [0.2, 0.25) is 0 Å². The average Bonchev–Trinajstić information content (AvgIpc) is 2.83. The van der Waals surface area contributed by atoms with Gasteiger partial charge >= 0.3 is 12.4 Å². The summed E-state index contributed by atoms with van der Waals surface area (Å²) in [7, 11) is 0. The molecule has 3 aromatic carbocycles. The van der Waals surface area contributed by atoms with E-state index in [1.165, 1.54) is 4.90 Å². The van der Waals surface area contributed by atoms with E-state index in [-0.39, 0.29) is 31.0 Å². The van der Waals surface area contributed by atoms with Crippen molar-refractivity contribution in [1.29, 1.82) is 0 Å². The van der Waals surface area contributed by atoms with E-state index in [1.54, 1.807) is 0 Å². The van der Waals surface area contributed by atoms with Crippen LogP contribution in [-0.2, 0) is 12.4 Å². The first-order valence-electron chi connectivity index (χ1n) is 10.7. The van der Waals surface area contributed by atoms with Crippen molar-refractivity contribution in [2.24, 2.45) is 0 Å². The summed E-state index contributed by atoms with van der Waals surface area (Å²) in [6, 6.07) is 20.1. The molecule has 0 saturated carbocycles. The van der Waals surface area contributed by atoms with Gasteiger partial charge in [0.1, 0.15) is 0 Å². The minimum Gasteiger partial charge on any atom is -0.338 e. The van der Waals surface area contributed by atoms with Crippen LogP contribution in [0.25, 0.3) is 0 Å². The first-order valence-corrected chi connectivity index (χ1v) is 10.7. The van der Waals surface area contributed by atoms with Crippen LogP contribution in [0.15, 0.2) is 78.9 Å². The van der Waals surface area contributed by atoms with Gasteiger partial charge in [-0.1, -0.05) is 60.7 Å². The Morgan fingerprint density at radius 1 is 0.706 bits per heavy atom. The van der Waals surface area contributed by atoms with Gasteiger partial charge in [0, 0.05) is 24.6 Å². The van der Waals surface area contributed by atoms with E-state index in [4.69, 9.17) is 0 Å². The molecule has 1 aliphatic heterocycles. The molecule has 4 rings (SSSR count). The molecular formula is C26H21F6NO. The number of piperidine rings is 1. The van der Waals surface area contributed by atoms with Gasteiger partial charge in [-0.2, -0.15) is 26.3 Å². The Morgan fingerprint density at radius 3 is 1.65 bits per heavy atom. The monoisotopic (exact) mass is 477 g/mol. The van der Waals surface area contributed by atoms with Crippen molar-refractivity contribution in [3.63, 3.8) is 0 Å². The molecule has 0 radical (unpaired) electrons. The fraction of sp³-hybridized carbons (Fsp3) is 0.269. The first kappa shape index (κ1) is 23.9. The minimum atomic E-state index is -5.01. The summed E-state index contributed by atoms with van der Waals surface area (Å²) in [5, 5.41) is 0. The lowest BCUT2D eigenvalue weighted by Crippen LogP contribution is -2.42. The number of hydrogen-bond acceptors (Lipinski definition) is 1. The Morgan fingerprint density at radius 2 is 1.18 bits per heavy atom. The van der Waals surface area contributed by atoms with Crippen LogP contribution in [-0.4, -0.2) is 23.9 Å². The van der Waals surface area contributed by atoms with Crippen molar-refractivity contribution in [3.8, 4) is 0 Å². The number of benzene rings is 3. The zero-order chi connectivity index (χ0) is 24.5. The summed E-state index contributed by atoms with van der Waals surface area (Å²) >= 11 is 0. The normalized spacial score (nSPS) is 19.2. The molecular weight excluding hydrogens is 456 g/mol. The maximum Gasteiger partial charge on any atom is 0.416 e. The van der Waals surface area contributed by atoms with Gasteiger partial charge < -0.3 is 4.90 Å². The number of nitrogens with zero attached hydrogens (tertiary/aromatic N) is 1. The molecule has 0 aromatic heterocycles. The molecule has 34 heavy (non-hydrogen) atoms. The van der Waals surface area contributed by atoms with Gasteiger partial charge in [0.15, 0.2) is 0 Å². The van der Waals surface area contributed by atoms with E-state index in [0.29, 0.717) is 18.6 Å². The molecule has 0 aliphatic carbocycles. The lowest BCUT2D eigenvalue weighted by Gasteiger charge is -2.39. The standard InChI is InChI=1S/C26H21F6NO/c27-25(28,29)20-13-19(14-21(15-20)26(30,31)32)24(34)33-12-11-22(17-7-3-1-4-8-17)23(16-33)18-9-5-2-6-10-18/h1-10,13-15,22-23H,11-12,16H2/t22-,23+/m0/s1. The molecule has 1 amide bonds. The first-order chi connectivity index (χ1) is 16.0. The number of carbonyl (C=O) groups excluding carboxylic acids is 1. The van der Waals surface area contributed by atoms with E-state index in [0.717, 1.165) is 11.1 Å². The van der Waals surface area contributed by atoms with Crippen LogP contribution in [0, 0.1) is 0 Å². The van der Waals surface area contributed by atoms with Gasteiger partial charge in [0.25, 0.3) is 5.91 Å². The molecule has 0 spiro atoms. The number of hydrogen-bond donors (Lipinski definition) is 0. The van der Waals surface area contributed by atoms with Gasteiger partial charge in [-0.25, -0.2) is 0 Å². The van der Waals surface area contributed by atoms with Gasteiger partial charge in [0.05, 0.1) is 11.1 Å². The second-order valence-corrected chi connectivity index (χ2v) is 8.37. The molecule has 8 heteroatoms. The maximum absolute atomic E-state index is 13.3. The SMILES string of the molecule is O=C(c1cc(C(F)(F)F)cc(C(F)(F)F)c1)N1CC[C@@H](c2ccccc2)[C@@H](c2ccccc2)C1. The van der Waals surface area contributed by atoms with Crippen LogP contribution in [0.1, 0.15) is 50.9 Å². The highest BCUT2D eigenvalue weighted by atomic mass is 19.4. The zero-order valence-corrected chi connectivity index (χ0v) is 17.9. The summed E-state index contributed by atoms with van der Waals surface area (Å²) in [5.74, 6) is -0.946. The molecule has 2 nitrogen and oxygen atoms in total. The molecule has 0 unspecified atom stereocenters. The summed E-state index contributed by atoms with van der Waals surface area (Å²) in [6.07, 6.45) is -9.49. The predicted molar refractivity (Wildman–Crippen MR) is 115 cm³/mol. The zero-order valence-electron chi connectivity index (χ0n) is 17.9. The fourth-order valence-electron chi connectivity index (χ4n) is 4.53. The number of carbonyl (C=O) groups is 1. The Hall–Kier alpha value is -3.29. The van der Waals surface area contributed by atoms with E-state index in [2.05, 4.69) is 0 Å². The second-order valence-electron chi connectivity index (χ2n) is 8.37. The van der Waals surface area contributed by atoms with Crippen LogP contribution < -0.4 is 0 Å². The van der Waals surface area contributed by atoms with Crippen molar-refractivity contribution in [2.45, 2.75) is 30.6 Å². The second kappa shape index (κ2) is 9.16. The minimum absolute atomic E-state index is 0.0329. The molecule has 1 aliphatic rings. The van der Waals surface area contributed by atoms with Gasteiger partial charge in [-0.3, -0.25) is 4.79 Å². The third-order valence-corrected chi connectivity index (χ3v) is 6.19. The largest absolute Gasteiger partial charge is 0.416 e. The van der Waals surface area contributed by atoms with Gasteiger partial charge in [-0.05, 0) is 41.7 Å². The predicted octanol–water partition coefficient (Wildman–Crippen LogP) is 7.14. The number of alkyl halides is 6. The van der Waals surface area contributed by atoms with E-state index in [1.807, 2.05) is 60.7 Å². The van der Waals surface area contributed by atoms with Crippen molar-refractivity contribution in [2.75, 3.05) is 13.1 Å². The highest BCUT2D eigenvalue weighted by molar-refractivity contribution is 5.95. The fourth-order valence-corrected chi connectivity index (χ4v) is 4.53. The molecule has 1 saturated heterocycles. The number of rotatable bonds is 3.